The second-order valence-electron chi connectivity index (χ2n) is 7.84. The van der Waals surface area contributed by atoms with Crippen molar-refractivity contribution in [3.05, 3.63) is 59.2 Å². The summed E-state index contributed by atoms with van der Waals surface area (Å²) in [5, 5.41) is 10.9. The average Bonchev–Trinajstić information content (AvgIpc) is 3.29. The van der Waals surface area contributed by atoms with Crippen LogP contribution in [0.2, 0.25) is 0 Å². The van der Waals surface area contributed by atoms with Crippen LogP contribution >= 0.6 is 0 Å². The first kappa shape index (κ1) is 21.5. The lowest BCUT2D eigenvalue weighted by atomic mass is 9.71. The van der Waals surface area contributed by atoms with E-state index in [9.17, 15) is 19.5 Å². The van der Waals surface area contributed by atoms with Gasteiger partial charge in [0.25, 0.3) is 0 Å². The van der Waals surface area contributed by atoms with Gasteiger partial charge in [-0.1, -0.05) is 35.9 Å². The highest BCUT2D eigenvalue weighted by Crippen LogP contribution is 2.59. The Hall–Kier alpha value is -3.75. The maximum absolute atomic E-state index is 13.0. The summed E-state index contributed by atoms with van der Waals surface area (Å²) in [6.07, 6.45) is -2.48. The summed E-state index contributed by atoms with van der Waals surface area (Å²) in [7, 11) is 3.67. The van der Waals surface area contributed by atoms with E-state index in [0.717, 1.165) is 5.56 Å². The molecule has 9 nitrogen and oxygen atoms in total. The zero-order valence-electron chi connectivity index (χ0n) is 18.2. The second-order valence-corrected chi connectivity index (χ2v) is 7.84. The molecule has 2 aromatic carbocycles. The molecule has 0 aromatic heterocycles. The predicted molar refractivity (Wildman–Crippen MR) is 113 cm³/mol. The van der Waals surface area contributed by atoms with E-state index in [4.69, 9.17) is 14.2 Å². The van der Waals surface area contributed by atoms with Gasteiger partial charge in [0, 0.05) is 5.56 Å². The van der Waals surface area contributed by atoms with Crippen molar-refractivity contribution < 1.29 is 33.7 Å². The van der Waals surface area contributed by atoms with E-state index in [-0.39, 0.29) is 12.2 Å². The van der Waals surface area contributed by atoms with Crippen molar-refractivity contribution in [1.82, 2.24) is 4.90 Å². The van der Waals surface area contributed by atoms with Crippen LogP contribution in [-0.4, -0.2) is 61.7 Å². The van der Waals surface area contributed by atoms with Crippen LogP contribution in [0.5, 0.6) is 5.75 Å². The van der Waals surface area contributed by atoms with Crippen molar-refractivity contribution in [2.24, 2.45) is 0 Å². The predicted octanol–water partition coefficient (Wildman–Crippen LogP) is 2.91. The number of phenols is 1. The van der Waals surface area contributed by atoms with Crippen molar-refractivity contribution in [2.45, 2.75) is 31.0 Å². The molecule has 1 saturated heterocycles. The molecule has 2 aromatic rings. The molecule has 168 valence electrons. The number of amides is 2. The number of ether oxygens (including phenoxy) is 3. The third kappa shape index (κ3) is 2.80. The Morgan fingerprint density at radius 1 is 0.969 bits per heavy atom. The lowest BCUT2D eigenvalue weighted by molar-refractivity contribution is -0.145. The summed E-state index contributed by atoms with van der Waals surface area (Å²) in [6.45, 7) is 1.87. The Kier molecular flexibility index (Phi) is 5.20. The van der Waals surface area contributed by atoms with E-state index in [2.05, 4.69) is 0 Å². The second kappa shape index (κ2) is 7.74. The molecule has 1 N–H and O–H groups in total. The molecule has 0 aliphatic carbocycles. The first-order valence-electron chi connectivity index (χ1n) is 10.0. The van der Waals surface area contributed by atoms with Crippen LogP contribution in [0.3, 0.4) is 0 Å². The third-order valence-electron chi connectivity index (χ3n) is 6.31. The van der Waals surface area contributed by atoms with Gasteiger partial charge >= 0.3 is 18.2 Å². The Morgan fingerprint density at radius 3 is 2.31 bits per heavy atom. The van der Waals surface area contributed by atoms with Crippen LogP contribution < -0.4 is 4.90 Å². The fourth-order valence-electron chi connectivity index (χ4n) is 5.07. The highest BCUT2D eigenvalue weighted by molar-refractivity contribution is 5.96. The lowest BCUT2D eigenvalue weighted by Gasteiger charge is -2.36. The highest BCUT2D eigenvalue weighted by atomic mass is 16.6. The van der Waals surface area contributed by atoms with E-state index in [1.807, 2.05) is 13.0 Å². The van der Waals surface area contributed by atoms with Gasteiger partial charge in [0.2, 0.25) is 0 Å². The Labute approximate surface area is 185 Å². The number of aromatic hydroxyl groups is 1. The van der Waals surface area contributed by atoms with E-state index >= 15 is 0 Å². The number of hydrogen-bond acceptors (Lipinski definition) is 7. The smallest absolute Gasteiger partial charge is 0.415 e. The van der Waals surface area contributed by atoms with Crippen LogP contribution in [0.1, 0.15) is 23.1 Å². The molecule has 1 fully saturated rings. The van der Waals surface area contributed by atoms with Crippen molar-refractivity contribution in [2.75, 3.05) is 26.2 Å². The topological polar surface area (TPSA) is 106 Å². The van der Waals surface area contributed by atoms with E-state index in [1.165, 1.54) is 31.1 Å². The van der Waals surface area contributed by atoms with Gasteiger partial charge in [-0.2, -0.15) is 0 Å². The number of esters is 1. The minimum absolute atomic E-state index is 0.0162. The normalized spacial score (nSPS) is 23.4. The van der Waals surface area contributed by atoms with Gasteiger partial charge < -0.3 is 19.3 Å². The van der Waals surface area contributed by atoms with Crippen molar-refractivity contribution in [1.29, 1.82) is 0 Å². The molecular weight excluding hydrogens is 416 g/mol. The standard InChI is InChI=1S/C23H24N2O7/c1-13-9-10-18(26)15(11-13)23-12-17(19(27)30-2)25(22(29)32-4)20(23)24(21(28)31-3)16-8-6-5-7-14(16)23/h5-11,17,20,26H,12H2,1-4H3/t17-,20+,23+/m0/s1. The van der Waals surface area contributed by atoms with Gasteiger partial charge in [-0.05, 0) is 31.0 Å². The Balaban J connectivity index is 2.09. The van der Waals surface area contributed by atoms with E-state index in [0.29, 0.717) is 16.8 Å². The Morgan fingerprint density at radius 2 is 1.66 bits per heavy atom. The molecule has 9 heteroatoms. The van der Waals surface area contributed by atoms with Gasteiger partial charge in [0.15, 0.2) is 0 Å². The fraction of sp³-hybridized carbons (Fsp3) is 0.348. The van der Waals surface area contributed by atoms with Crippen LogP contribution in [0.4, 0.5) is 15.3 Å². The first-order valence-corrected chi connectivity index (χ1v) is 10.0. The maximum Gasteiger partial charge on any atom is 0.415 e. The number of fused-ring (bicyclic) bond motifs is 3. The van der Waals surface area contributed by atoms with Gasteiger partial charge in [-0.3, -0.25) is 9.80 Å². The Bertz CT molecular complexity index is 1100. The largest absolute Gasteiger partial charge is 0.508 e. The number of carbonyl (C=O) groups is 3. The van der Waals surface area contributed by atoms with Crippen LogP contribution in [0, 0.1) is 6.92 Å². The van der Waals surface area contributed by atoms with Crippen LogP contribution in [0.25, 0.3) is 0 Å². The number of phenolic OH excluding ortho intramolecular Hbond substituents is 1. The molecule has 2 heterocycles. The molecular formula is C23H24N2O7. The summed E-state index contributed by atoms with van der Waals surface area (Å²) in [5.74, 6) is -0.670. The summed E-state index contributed by atoms with van der Waals surface area (Å²) in [5.41, 5.74) is 1.42. The van der Waals surface area contributed by atoms with Crippen LogP contribution in [0.15, 0.2) is 42.5 Å². The summed E-state index contributed by atoms with van der Waals surface area (Å²) >= 11 is 0. The summed E-state index contributed by atoms with van der Waals surface area (Å²) < 4.78 is 15.0. The quantitative estimate of drug-likeness (QED) is 0.565. The summed E-state index contributed by atoms with van der Waals surface area (Å²) in [4.78, 5) is 41.3. The molecule has 0 unspecified atom stereocenters. The molecule has 2 amide bonds. The number of likely N-dealkylation sites (tertiary alicyclic amines) is 1. The maximum atomic E-state index is 13.0. The lowest BCUT2D eigenvalue weighted by Crippen LogP contribution is -2.56. The average molecular weight is 440 g/mol. The highest BCUT2D eigenvalue weighted by Gasteiger charge is 2.67. The number of rotatable bonds is 2. The molecule has 4 rings (SSSR count). The number of anilines is 1. The molecule has 2 aliphatic rings. The van der Waals surface area contributed by atoms with E-state index in [1.54, 1.807) is 36.4 Å². The molecule has 3 atom stereocenters. The number of methoxy groups -OCH3 is 3. The van der Waals surface area contributed by atoms with E-state index < -0.39 is 35.8 Å². The van der Waals surface area contributed by atoms with Gasteiger partial charge in [-0.25, -0.2) is 14.4 Å². The van der Waals surface area contributed by atoms with Gasteiger partial charge in [-0.15, -0.1) is 0 Å². The molecule has 2 aliphatic heterocycles. The van der Waals surface area contributed by atoms with Crippen LogP contribution in [-0.2, 0) is 24.4 Å². The number of para-hydroxylation sites is 1. The number of benzene rings is 2. The summed E-state index contributed by atoms with van der Waals surface area (Å²) in [6, 6.07) is 11.2. The monoisotopic (exact) mass is 440 g/mol. The van der Waals surface area contributed by atoms with Gasteiger partial charge in [0.1, 0.15) is 18.0 Å². The minimum Gasteiger partial charge on any atom is -0.508 e. The molecule has 32 heavy (non-hydrogen) atoms. The number of carbonyl (C=O) groups excluding carboxylic acids is 3. The molecule has 0 saturated carbocycles. The SMILES string of the molecule is COC(=O)[C@@H]1C[C@]2(c3cc(C)ccc3O)c3ccccc3N(C(=O)OC)[C@@H]2N1C(=O)OC. The fourth-order valence-corrected chi connectivity index (χ4v) is 5.07. The number of nitrogens with zero attached hydrogens (tertiary/aromatic N) is 2. The zero-order valence-corrected chi connectivity index (χ0v) is 18.2. The number of hydrogen-bond donors (Lipinski definition) is 1. The first-order chi connectivity index (χ1) is 15.3. The third-order valence-corrected chi connectivity index (χ3v) is 6.31. The zero-order chi connectivity index (χ0) is 23.2. The van der Waals surface area contributed by atoms with Crippen molar-refractivity contribution in [3.8, 4) is 5.75 Å². The van der Waals surface area contributed by atoms with Gasteiger partial charge in [0.05, 0.1) is 32.4 Å². The van der Waals surface area contributed by atoms with Crippen molar-refractivity contribution >= 4 is 23.8 Å². The molecule has 0 radical (unpaired) electrons. The molecule has 0 spiro atoms. The molecule has 0 bridgehead atoms. The van der Waals surface area contributed by atoms with Crippen molar-refractivity contribution in [3.63, 3.8) is 0 Å². The number of aryl methyl sites for hydroxylation is 1. The minimum atomic E-state index is -1.13.